The van der Waals surface area contributed by atoms with E-state index in [-0.39, 0.29) is 11.2 Å². The number of nitrogens with zero attached hydrogens (tertiary/aromatic N) is 2. The van der Waals surface area contributed by atoms with Crippen molar-refractivity contribution >= 4 is 15.7 Å². The van der Waals surface area contributed by atoms with Crippen LogP contribution in [0, 0.1) is 5.82 Å². The van der Waals surface area contributed by atoms with Gasteiger partial charge in [-0.3, -0.25) is 0 Å². The van der Waals surface area contributed by atoms with Crippen molar-refractivity contribution in [3.63, 3.8) is 0 Å². The summed E-state index contributed by atoms with van der Waals surface area (Å²) in [5.74, 6) is -0.275. The lowest BCUT2D eigenvalue weighted by atomic mass is 9.82. The molecule has 0 aromatic heterocycles. The number of hydrogen-bond acceptors (Lipinski definition) is 3. The molecule has 4 nitrogen and oxygen atoms in total. The molecular formula is C21H27FN2O2S. The second-order valence-electron chi connectivity index (χ2n) is 7.60. The molecule has 0 aliphatic carbocycles. The van der Waals surface area contributed by atoms with Crippen molar-refractivity contribution in [1.29, 1.82) is 0 Å². The number of rotatable bonds is 5. The summed E-state index contributed by atoms with van der Waals surface area (Å²) in [5.41, 5.74) is 1.68. The van der Waals surface area contributed by atoms with E-state index in [9.17, 15) is 12.8 Å². The predicted octanol–water partition coefficient (Wildman–Crippen LogP) is 4.02. The molecule has 0 unspecified atom stereocenters. The van der Waals surface area contributed by atoms with Crippen molar-refractivity contribution in [2.75, 3.05) is 31.1 Å². The van der Waals surface area contributed by atoms with Crippen molar-refractivity contribution in [1.82, 2.24) is 4.31 Å². The smallest absolute Gasteiger partial charge is 0.243 e. The van der Waals surface area contributed by atoms with Crippen molar-refractivity contribution in [2.45, 2.75) is 37.5 Å². The lowest BCUT2D eigenvalue weighted by Gasteiger charge is -2.35. The van der Waals surface area contributed by atoms with Gasteiger partial charge in [-0.15, -0.1) is 0 Å². The maximum atomic E-state index is 14.0. The fraction of sp³-hybridized carbons (Fsp3) is 0.429. The van der Waals surface area contributed by atoms with Crippen molar-refractivity contribution in [3.8, 4) is 0 Å². The zero-order chi connectivity index (χ0) is 19.7. The summed E-state index contributed by atoms with van der Waals surface area (Å²) in [5, 5.41) is 0. The van der Waals surface area contributed by atoms with Crippen molar-refractivity contribution in [3.05, 3.63) is 59.9 Å². The van der Waals surface area contributed by atoms with Gasteiger partial charge in [0.2, 0.25) is 10.0 Å². The van der Waals surface area contributed by atoms with Gasteiger partial charge in [-0.25, -0.2) is 12.8 Å². The number of piperazine rings is 1. The third-order valence-electron chi connectivity index (χ3n) is 5.59. The van der Waals surface area contributed by atoms with Crippen LogP contribution in [-0.2, 0) is 15.4 Å². The minimum absolute atomic E-state index is 0.0215. The van der Waals surface area contributed by atoms with Gasteiger partial charge in [-0.1, -0.05) is 45.0 Å². The minimum atomic E-state index is -3.53. The standard InChI is InChI=1S/C21H27FN2O2S/c1-4-21(2,3)17-9-11-18(12-10-17)27(25,26)24-15-13-23(14-16-24)20-8-6-5-7-19(20)22/h5-12H,4,13-16H2,1-3H3. The Morgan fingerprint density at radius 3 is 2.11 bits per heavy atom. The van der Waals surface area contributed by atoms with Gasteiger partial charge >= 0.3 is 0 Å². The largest absolute Gasteiger partial charge is 0.367 e. The highest BCUT2D eigenvalue weighted by Gasteiger charge is 2.29. The van der Waals surface area contributed by atoms with E-state index < -0.39 is 10.0 Å². The Labute approximate surface area is 161 Å². The van der Waals surface area contributed by atoms with Crippen LogP contribution in [0.1, 0.15) is 32.8 Å². The topological polar surface area (TPSA) is 40.6 Å². The highest BCUT2D eigenvalue weighted by atomic mass is 32.2. The summed E-state index contributed by atoms with van der Waals surface area (Å²) in [7, 11) is -3.53. The molecule has 27 heavy (non-hydrogen) atoms. The molecule has 0 saturated carbocycles. The van der Waals surface area contributed by atoms with E-state index in [4.69, 9.17) is 0 Å². The maximum absolute atomic E-state index is 14.0. The molecule has 2 aromatic carbocycles. The van der Waals surface area contributed by atoms with Crippen LogP contribution in [0.2, 0.25) is 0 Å². The van der Waals surface area contributed by atoms with Crippen LogP contribution >= 0.6 is 0 Å². The minimum Gasteiger partial charge on any atom is -0.367 e. The molecule has 0 bridgehead atoms. The van der Waals surface area contributed by atoms with Crippen LogP contribution in [0.4, 0.5) is 10.1 Å². The Kier molecular flexibility index (Phi) is 5.58. The van der Waals surface area contributed by atoms with E-state index in [0.29, 0.717) is 36.8 Å². The third-order valence-corrected chi connectivity index (χ3v) is 7.50. The van der Waals surface area contributed by atoms with Crippen LogP contribution in [0.15, 0.2) is 53.4 Å². The van der Waals surface area contributed by atoms with E-state index in [2.05, 4.69) is 20.8 Å². The molecule has 0 radical (unpaired) electrons. The van der Waals surface area contributed by atoms with E-state index >= 15 is 0 Å². The molecule has 146 valence electrons. The fourth-order valence-electron chi connectivity index (χ4n) is 3.31. The average Bonchev–Trinajstić information content (AvgIpc) is 2.68. The predicted molar refractivity (Wildman–Crippen MR) is 107 cm³/mol. The van der Waals surface area contributed by atoms with Crippen LogP contribution in [0.3, 0.4) is 0 Å². The molecular weight excluding hydrogens is 363 g/mol. The molecule has 2 aromatic rings. The van der Waals surface area contributed by atoms with Gasteiger partial charge in [-0.2, -0.15) is 4.31 Å². The molecule has 1 fully saturated rings. The number of anilines is 1. The van der Waals surface area contributed by atoms with Gasteiger partial charge < -0.3 is 4.90 Å². The average molecular weight is 391 g/mol. The quantitative estimate of drug-likeness (QED) is 0.774. The zero-order valence-corrected chi connectivity index (χ0v) is 17.0. The molecule has 0 amide bonds. The number of benzene rings is 2. The van der Waals surface area contributed by atoms with E-state index in [1.165, 1.54) is 10.4 Å². The monoisotopic (exact) mass is 390 g/mol. The molecule has 0 N–H and O–H groups in total. The fourth-order valence-corrected chi connectivity index (χ4v) is 4.73. The Balaban J connectivity index is 1.73. The van der Waals surface area contributed by atoms with Crippen LogP contribution in [0.25, 0.3) is 0 Å². The normalized spacial score (nSPS) is 16.5. The van der Waals surface area contributed by atoms with Gasteiger partial charge in [0.1, 0.15) is 5.82 Å². The molecule has 0 spiro atoms. The Hall–Kier alpha value is -1.92. The molecule has 6 heteroatoms. The third kappa shape index (κ3) is 4.01. The zero-order valence-electron chi connectivity index (χ0n) is 16.2. The Morgan fingerprint density at radius 2 is 1.56 bits per heavy atom. The van der Waals surface area contributed by atoms with E-state index in [1.807, 2.05) is 17.0 Å². The van der Waals surface area contributed by atoms with Crippen molar-refractivity contribution in [2.24, 2.45) is 0 Å². The second-order valence-corrected chi connectivity index (χ2v) is 9.54. The van der Waals surface area contributed by atoms with Crippen molar-refractivity contribution < 1.29 is 12.8 Å². The summed E-state index contributed by atoms with van der Waals surface area (Å²) in [6.07, 6.45) is 0.983. The summed E-state index contributed by atoms with van der Waals surface area (Å²) >= 11 is 0. The number of halogens is 1. The second kappa shape index (κ2) is 7.60. The van der Waals surface area contributed by atoms with Crippen LogP contribution < -0.4 is 4.90 Å². The number of hydrogen-bond donors (Lipinski definition) is 0. The molecule has 1 saturated heterocycles. The highest BCUT2D eigenvalue weighted by molar-refractivity contribution is 7.89. The van der Waals surface area contributed by atoms with E-state index in [0.717, 1.165) is 12.0 Å². The van der Waals surface area contributed by atoms with E-state index in [1.54, 1.807) is 30.3 Å². The molecule has 1 aliphatic heterocycles. The maximum Gasteiger partial charge on any atom is 0.243 e. The number of sulfonamides is 1. The first kappa shape index (κ1) is 19.8. The summed E-state index contributed by atoms with van der Waals surface area (Å²) < 4.78 is 41.4. The van der Waals surface area contributed by atoms with Crippen LogP contribution in [-0.4, -0.2) is 38.9 Å². The first-order valence-electron chi connectivity index (χ1n) is 9.36. The molecule has 3 rings (SSSR count). The van der Waals surface area contributed by atoms with Gasteiger partial charge in [-0.05, 0) is 41.7 Å². The van der Waals surface area contributed by atoms with Gasteiger partial charge in [0.25, 0.3) is 0 Å². The molecule has 1 heterocycles. The summed E-state index contributed by atoms with van der Waals surface area (Å²) in [6.45, 7) is 8.07. The first-order chi connectivity index (χ1) is 12.8. The molecule has 1 aliphatic rings. The first-order valence-corrected chi connectivity index (χ1v) is 10.8. The lowest BCUT2D eigenvalue weighted by Crippen LogP contribution is -2.48. The van der Waals surface area contributed by atoms with Crippen LogP contribution in [0.5, 0.6) is 0 Å². The lowest BCUT2D eigenvalue weighted by molar-refractivity contribution is 0.383. The Bertz CT molecular complexity index is 887. The van der Waals surface area contributed by atoms with Gasteiger partial charge in [0.05, 0.1) is 10.6 Å². The Morgan fingerprint density at radius 1 is 0.963 bits per heavy atom. The SMILES string of the molecule is CCC(C)(C)c1ccc(S(=O)(=O)N2CCN(c3ccccc3F)CC2)cc1. The molecule has 0 atom stereocenters. The van der Waals surface area contributed by atoms with Gasteiger partial charge in [0, 0.05) is 26.2 Å². The summed E-state index contributed by atoms with van der Waals surface area (Å²) in [6, 6.07) is 13.8. The summed E-state index contributed by atoms with van der Waals surface area (Å²) in [4.78, 5) is 2.21. The number of para-hydroxylation sites is 1. The highest BCUT2D eigenvalue weighted by Crippen LogP contribution is 2.28. The van der Waals surface area contributed by atoms with Gasteiger partial charge in [0.15, 0.2) is 0 Å².